The summed E-state index contributed by atoms with van der Waals surface area (Å²) < 4.78 is 9.41. The maximum Gasteiger partial charge on any atom is 0.408 e. The number of nitrogens with one attached hydrogen (secondary N) is 1. The van der Waals surface area contributed by atoms with Gasteiger partial charge < -0.3 is 14.8 Å². The van der Waals surface area contributed by atoms with Crippen LogP contribution in [0.1, 0.15) is 34.1 Å². The van der Waals surface area contributed by atoms with Crippen LogP contribution >= 0.6 is 0 Å². The summed E-state index contributed by atoms with van der Waals surface area (Å²) in [6, 6.07) is -1.37. The number of esters is 1. The lowest BCUT2D eigenvalue weighted by atomic mass is 9.96. The molecule has 8 nitrogen and oxygen atoms in total. The molecule has 1 saturated heterocycles. The molecule has 1 heterocycles. The molecule has 1 N–H and O–H groups in total. The van der Waals surface area contributed by atoms with Crippen LogP contribution in [0.4, 0.5) is 4.79 Å². The Labute approximate surface area is 122 Å². The van der Waals surface area contributed by atoms with E-state index in [4.69, 9.17) is 4.74 Å². The number of amides is 3. The first-order valence-corrected chi connectivity index (χ1v) is 6.49. The quantitative estimate of drug-likeness (QED) is 0.454. The number of methoxy groups -OCH3 is 1. The Bertz CT molecular complexity index is 468. The predicted molar refractivity (Wildman–Crippen MR) is 71.1 cm³/mol. The van der Waals surface area contributed by atoms with Crippen molar-refractivity contribution >= 4 is 23.9 Å². The van der Waals surface area contributed by atoms with E-state index in [0.717, 1.165) is 12.0 Å². The number of hydrogen-bond acceptors (Lipinski definition) is 6. The van der Waals surface area contributed by atoms with Gasteiger partial charge >= 0.3 is 12.1 Å². The lowest BCUT2D eigenvalue weighted by Gasteiger charge is -2.43. The maximum atomic E-state index is 11.9. The minimum atomic E-state index is -0.832. The van der Waals surface area contributed by atoms with E-state index in [2.05, 4.69) is 10.1 Å². The summed E-state index contributed by atoms with van der Waals surface area (Å²) in [5, 5.41) is 2.40. The van der Waals surface area contributed by atoms with E-state index >= 15 is 0 Å². The second kappa shape index (κ2) is 6.11. The number of β-lactam (4-membered cyclic amide) rings is 1. The van der Waals surface area contributed by atoms with E-state index in [9.17, 15) is 19.2 Å². The van der Waals surface area contributed by atoms with E-state index < -0.39 is 48.0 Å². The molecule has 1 aliphatic rings. The highest BCUT2D eigenvalue weighted by atomic mass is 16.6. The molecule has 21 heavy (non-hydrogen) atoms. The Morgan fingerprint density at radius 2 is 1.86 bits per heavy atom. The number of carbonyl (C=O) groups excluding carboxylic acids is 4. The van der Waals surface area contributed by atoms with Gasteiger partial charge in [-0.1, -0.05) is 0 Å². The molecule has 118 valence electrons. The van der Waals surface area contributed by atoms with Gasteiger partial charge in [0.2, 0.25) is 5.91 Å². The van der Waals surface area contributed by atoms with Crippen LogP contribution < -0.4 is 5.32 Å². The van der Waals surface area contributed by atoms with Crippen LogP contribution in [-0.2, 0) is 23.9 Å². The first kappa shape index (κ1) is 16.9. The fraction of sp³-hybridized carbons (Fsp3) is 0.692. The molecule has 2 atom stereocenters. The van der Waals surface area contributed by atoms with Crippen molar-refractivity contribution in [3.8, 4) is 0 Å². The predicted octanol–water partition coefficient (Wildman–Crippen LogP) is 0.200. The molecule has 0 aromatic carbocycles. The molecule has 0 radical (unpaired) electrons. The third kappa shape index (κ3) is 4.17. The summed E-state index contributed by atoms with van der Waals surface area (Å²) in [7, 11) is 1.16. The zero-order valence-electron chi connectivity index (χ0n) is 12.8. The van der Waals surface area contributed by atoms with Gasteiger partial charge in [-0.2, -0.15) is 0 Å². The fourth-order valence-electron chi connectivity index (χ4n) is 1.87. The van der Waals surface area contributed by atoms with Gasteiger partial charge in [0, 0.05) is 0 Å². The Balaban J connectivity index is 2.56. The second-order valence-electron chi connectivity index (χ2n) is 5.72. The maximum absolute atomic E-state index is 11.9. The third-order valence-electron chi connectivity index (χ3n) is 2.86. The minimum Gasteiger partial charge on any atom is -0.469 e. The molecule has 0 aromatic heterocycles. The first-order chi connectivity index (χ1) is 9.56. The fourth-order valence-corrected chi connectivity index (χ4v) is 1.87. The Kier molecular flexibility index (Phi) is 4.93. The Morgan fingerprint density at radius 1 is 1.29 bits per heavy atom. The van der Waals surface area contributed by atoms with Crippen LogP contribution in [0.3, 0.4) is 0 Å². The standard InChI is InChI=1S/C13H20N2O6/c1-7-10(14-12(19)21-13(2,3)4)11(18)15(7)8(16)6-9(17)20-5/h7,10H,6H2,1-5H3,(H,14,19)/t7-,10-/m0/s1. The number of imide groups is 1. The third-order valence-corrected chi connectivity index (χ3v) is 2.86. The first-order valence-electron chi connectivity index (χ1n) is 6.49. The highest BCUT2D eigenvalue weighted by Gasteiger charge is 2.49. The zero-order valence-corrected chi connectivity index (χ0v) is 12.8. The van der Waals surface area contributed by atoms with Crippen molar-refractivity contribution in [3.63, 3.8) is 0 Å². The monoisotopic (exact) mass is 300 g/mol. The van der Waals surface area contributed by atoms with Gasteiger partial charge in [0.15, 0.2) is 0 Å². The van der Waals surface area contributed by atoms with Gasteiger partial charge in [-0.25, -0.2) is 4.79 Å². The summed E-state index contributed by atoms with van der Waals surface area (Å²) in [5.74, 6) is -1.94. The molecule has 1 aliphatic heterocycles. The molecular formula is C13H20N2O6. The number of rotatable bonds is 3. The lowest BCUT2D eigenvalue weighted by Crippen LogP contribution is -2.71. The topological polar surface area (TPSA) is 102 Å². The lowest BCUT2D eigenvalue weighted by molar-refractivity contribution is -0.163. The van der Waals surface area contributed by atoms with Crippen LogP contribution in [0, 0.1) is 0 Å². The van der Waals surface area contributed by atoms with E-state index in [0.29, 0.717) is 0 Å². The molecule has 0 unspecified atom stereocenters. The van der Waals surface area contributed by atoms with E-state index in [1.165, 1.54) is 0 Å². The molecule has 3 amide bonds. The molecular weight excluding hydrogens is 280 g/mol. The number of likely N-dealkylation sites (tertiary alicyclic amines) is 1. The van der Waals surface area contributed by atoms with Crippen molar-refractivity contribution in [2.45, 2.75) is 51.8 Å². The van der Waals surface area contributed by atoms with Gasteiger partial charge in [0.25, 0.3) is 5.91 Å². The van der Waals surface area contributed by atoms with E-state index in [1.54, 1.807) is 27.7 Å². The number of hydrogen-bond donors (Lipinski definition) is 1. The molecule has 0 aromatic rings. The Morgan fingerprint density at radius 3 is 2.29 bits per heavy atom. The highest BCUT2D eigenvalue weighted by Crippen LogP contribution is 2.21. The Hall–Kier alpha value is -2.12. The van der Waals surface area contributed by atoms with Crippen molar-refractivity contribution in [1.29, 1.82) is 0 Å². The largest absolute Gasteiger partial charge is 0.469 e. The second-order valence-corrected chi connectivity index (χ2v) is 5.72. The summed E-state index contributed by atoms with van der Waals surface area (Å²) in [5.41, 5.74) is -0.680. The van der Waals surface area contributed by atoms with Crippen LogP contribution in [-0.4, -0.2) is 53.6 Å². The minimum absolute atomic E-state index is 0.508. The van der Waals surface area contributed by atoms with Crippen molar-refractivity contribution < 1.29 is 28.7 Å². The van der Waals surface area contributed by atoms with E-state index in [-0.39, 0.29) is 0 Å². The van der Waals surface area contributed by atoms with Gasteiger partial charge in [-0.15, -0.1) is 0 Å². The SMILES string of the molecule is COC(=O)CC(=O)N1C(=O)[C@@H](NC(=O)OC(C)(C)C)[C@@H]1C. The number of ether oxygens (including phenoxy) is 2. The van der Waals surface area contributed by atoms with Gasteiger partial charge in [-0.3, -0.25) is 19.3 Å². The summed E-state index contributed by atoms with van der Waals surface area (Å²) in [6.07, 6.45) is -1.24. The van der Waals surface area contributed by atoms with Crippen molar-refractivity contribution in [3.05, 3.63) is 0 Å². The number of nitrogens with zero attached hydrogens (tertiary/aromatic N) is 1. The molecule has 0 saturated carbocycles. The molecule has 0 aliphatic carbocycles. The van der Waals surface area contributed by atoms with Crippen LogP contribution in [0.25, 0.3) is 0 Å². The van der Waals surface area contributed by atoms with E-state index in [1.807, 2.05) is 0 Å². The van der Waals surface area contributed by atoms with Crippen molar-refractivity contribution in [2.24, 2.45) is 0 Å². The normalized spacial score (nSPS) is 21.4. The number of carbonyl (C=O) groups is 4. The smallest absolute Gasteiger partial charge is 0.408 e. The molecule has 1 fully saturated rings. The summed E-state index contributed by atoms with van der Waals surface area (Å²) in [4.78, 5) is 47.1. The van der Waals surface area contributed by atoms with Crippen LogP contribution in [0.2, 0.25) is 0 Å². The van der Waals surface area contributed by atoms with Gasteiger partial charge in [-0.05, 0) is 27.7 Å². The van der Waals surface area contributed by atoms with Crippen LogP contribution in [0.5, 0.6) is 0 Å². The van der Waals surface area contributed by atoms with Crippen molar-refractivity contribution in [2.75, 3.05) is 7.11 Å². The molecule has 8 heteroatoms. The van der Waals surface area contributed by atoms with Gasteiger partial charge in [0.1, 0.15) is 18.1 Å². The zero-order chi connectivity index (χ0) is 16.4. The van der Waals surface area contributed by atoms with Crippen LogP contribution in [0.15, 0.2) is 0 Å². The van der Waals surface area contributed by atoms with Gasteiger partial charge in [0.05, 0.1) is 13.2 Å². The molecule has 1 rings (SSSR count). The molecule has 0 spiro atoms. The summed E-state index contributed by atoms with van der Waals surface area (Å²) in [6.45, 7) is 6.69. The average Bonchev–Trinajstić information content (AvgIpc) is 2.34. The van der Waals surface area contributed by atoms with Crippen molar-refractivity contribution in [1.82, 2.24) is 10.2 Å². The summed E-state index contributed by atoms with van der Waals surface area (Å²) >= 11 is 0. The highest BCUT2D eigenvalue weighted by molar-refractivity contribution is 6.09. The molecule has 0 bridgehead atoms. The number of alkyl carbamates (subject to hydrolysis) is 1. The average molecular weight is 300 g/mol.